The van der Waals surface area contributed by atoms with E-state index in [0.717, 1.165) is 16.9 Å². The maximum absolute atomic E-state index is 13.0. The number of rotatable bonds is 7. The highest BCUT2D eigenvalue weighted by molar-refractivity contribution is 7.89. The molecule has 29 heavy (non-hydrogen) atoms. The summed E-state index contributed by atoms with van der Waals surface area (Å²) in [5.74, 6) is 0.562. The first-order valence-electron chi connectivity index (χ1n) is 9.82. The van der Waals surface area contributed by atoms with Gasteiger partial charge in [0.05, 0.1) is 11.4 Å². The highest BCUT2D eigenvalue weighted by Gasteiger charge is 2.40. The van der Waals surface area contributed by atoms with Crippen LogP contribution in [0.15, 0.2) is 53.4 Å². The molecule has 0 spiro atoms. The van der Waals surface area contributed by atoms with Gasteiger partial charge >= 0.3 is 0 Å². The van der Waals surface area contributed by atoms with Crippen LogP contribution in [0.3, 0.4) is 0 Å². The lowest BCUT2D eigenvalue weighted by Gasteiger charge is -2.27. The maximum atomic E-state index is 13.0. The van der Waals surface area contributed by atoms with E-state index in [-0.39, 0.29) is 10.8 Å². The Balaban J connectivity index is 1.62. The quantitative estimate of drug-likeness (QED) is 0.696. The Morgan fingerprint density at radius 3 is 2.28 bits per heavy atom. The van der Waals surface area contributed by atoms with Gasteiger partial charge in [-0.1, -0.05) is 35.4 Å². The average Bonchev–Trinajstić information content (AvgIpc) is 3.20. The van der Waals surface area contributed by atoms with Gasteiger partial charge in [0, 0.05) is 13.6 Å². The molecule has 1 heterocycles. The highest BCUT2D eigenvalue weighted by Crippen LogP contribution is 2.27. The lowest BCUT2D eigenvalue weighted by atomic mass is 10.2. The van der Waals surface area contributed by atoms with Crippen LogP contribution < -0.4 is 4.74 Å². The Kier molecular flexibility index (Phi) is 6.59. The van der Waals surface area contributed by atoms with Gasteiger partial charge in [0.25, 0.3) is 0 Å². The Bertz CT molecular complexity index is 940. The van der Waals surface area contributed by atoms with Gasteiger partial charge in [-0.3, -0.25) is 4.79 Å². The second-order valence-electron chi connectivity index (χ2n) is 7.51. The number of aryl methyl sites for hydroxylation is 2. The largest absolute Gasteiger partial charge is 0.492 e. The van der Waals surface area contributed by atoms with Crippen LogP contribution in [0.5, 0.6) is 5.75 Å². The van der Waals surface area contributed by atoms with Crippen LogP contribution in [0, 0.1) is 13.8 Å². The zero-order valence-corrected chi connectivity index (χ0v) is 18.0. The van der Waals surface area contributed by atoms with Crippen molar-refractivity contribution >= 4 is 15.9 Å². The van der Waals surface area contributed by atoms with E-state index >= 15 is 0 Å². The lowest BCUT2D eigenvalue weighted by molar-refractivity contribution is -0.133. The molecule has 6 nitrogen and oxygen atoms in total. The minimum atomic E-state index is -3.70. The number of hydrogen-bond donors (Lipinski definition) is 0. The van der Waals surface area contributed by atoms with Crippen LogP contribution in [-0.2, 0) is 14.8 Å². The molecule has 0 saturated carbocycles. The molecule has 1 aliphatic heterocycles. The van der Waals surface area contributed by atoms with Crippen molar-refractivity contribution in [1.82, 2.24) is 9.21 Å². The van der Waals surface area contributed by atoms with Gasteiger partial charge in [-0.15, -0.1) is 0 Å². The topological polar surface area (TPSA) is 66.9 Å². The molecule has 156 valence electrons. The minimum absolute atomic E-state index is 0.189. The Hall–Kier alpha value is -2.38. The van der Waals surface area contributed by atoms with Crippen LogP contribution in [-0.4, -0.2) is 56.3 Å². The fraction of sp³-hybridized carbons (Fsp3) is 0.409. The van der Waals surface area contributed by atoms with E-state index in [0.29, 0.717) is 32.5 Å². The van der Waals surface area contributed by atoms with E-state index in [2.05, 4.69) is 0 Å². The predicted molar refractivity (Wildman–Crippen MR) is 112 cm³/mol. The van der Waals surface area contributed by atoms with E-state index in [1.807, 2.05) is 38.1 Å². The van der Waals surface area contributed by atoms with E-state index in [9.17, 15) is 13.2 Å². The summed E-state index contributed by atoms with van der Waals surface area (Å²) in [7, 11) is -2.01. The van der Waals surface area contributed by atoms with Crippen molar-refractivity contribution < 1.29 is 17.9 Å². The van der Waals surface area contributed by atoms with Gasteiger partial charge in [0.2, 0.25) is 15.9 Å². The molecule has 3 rings (SSSR count). The molecule has 1 fully saturated rings. The Labute approximate surface area is 173 Å². The second-order valence-corrected chi connectivity index (χ2v) is 9.40. The van der Waals surface area contributed by atoms with E-state index in [1.165, 1.54) is 4.31 Å². The number of hydrogen-bond acceptors (Lipinski definition) is 4. The summed E-state index contributed by atoms with van der Waals surface area (Å²) in [5, 5.41) is 0. The van der Waals surface area contributed by atoms with E-state index < -0.39 is 16.1 Å². The molecule has 1 saturated heterocycles. The van der Waals surface area contributed by atoms with Crippen molar-refractivity contribution in [2.75, 3.05) is 26.7 Å². The first-order valence-corrected chi connectivity index (χ1v) is 11.3. The van der Waals surface area contributed by atoms with Crippen molar-refractivity contribution in [3.8, 4) is 5.75 Å². The second kappa shape index (κ2) is 8.97. The third kappa shape index (κ3) is 4.97. The molecule has 0 unspecified atom stereocenters. The van der Waals surface area contributed by atoms with Gasteiger partial charge in [0.1, 0.15) is 18.4 Å². The van der Waals surface area contributed by atoms with Crippen LogP contribution in [0.4, 0.5) is 0 Å². The Morgan fingerprint density at radius 2 is 1.66 bits per heavy atom. The summed E-state index contributed by atoms with van der Waals surface area (Å²) in [6, 6.07) is 13.8. The van der Waals surface area contributed by atoms with Crippen LogP contribution in [0.2, 0.25) is 0 Å². The first kappa shape index (κ1) is 21.3. The summed E-state index contributed by atoms with van der Waals surface area (Å²) >= 11 is 0. The summed E-state index contributed by atoms with van der Waals surface area (Å²) in [6.45, 7) is 5.02. The number of sulfonamides is 1. The van der Waals surface area contributed by atoms with Crippen molar-refractivity contribution in [3.05, 3.63) is 59.7 Å². The zero-order chi connectivity index (χ0) is 21.0. The molecular formula is C22H28N2O4S. The molecule has 1 atom stereocenters. The van der Waals surface area contributed by atoms with Crippen LogP contribution >= 0.6 is 0 Å². The van der Waals surface area contributed by atoms with Crippen molar-refractivity contribution in [2.45, 2.75) is 37.6 Å². The molecule has 0 bridgehead atoms. The smallest absolute Gasteiger partial charge is 0.243 e. The fourth-order valence-corrected chi connectivity index (χ4v) is 5.07. The summed E-state index contributed by atoms with van der Waals surface area (Å²) in [5.41, 5.74) is 2.15. The van der Waals surface area contributed by atoms with E-state index in [4.69, 9.17) is 4.74 Å². The molecular weight excluding hydrogens is 388 g/mol. The van der Waals surface area contributed by atoms with Gasteiger partial charge in [-0.2, -0.15) is 4.31 Å². The number of nitrogens with zero attached hydrogens (tertiary/aromatic N) is 2. The van der Waals surface area contributed by atoms with E-state index in [1.54, 1.807) is 36.2 Å². The standard InChI is InChI=1S/C22H28N2O4S/c1-17-6-10-19(11-7-17)28-16-15-23(3)22(25)21-5-4-14-24(21)29(26,27)20-12-8-18(2)9-13-20/h6-13,21H,4-5,14-16H2,1-3H3/t21-/m0/s1. The monoisotopic (exact) mass is 416 g/mol. The molecule has 0 radical (unpaired) electrons. The van der Waals surface area contributed by atoms with Gasteiger partial charge in [0.15, 0.2) is 0 Å². The Morgan fingerprint density at radius 1 is 1.07 bits per heavy atom. The molecule has 2 aromatic rings. The van der Waals surface area contributed by atoms with Crippen molar-refractivity contribution in [3.63, 3.8) is 0 Å². The van der Waals surface area contributed by atoms with Gasteiger partial charge < -0.3 is 9.64 Å². The number of likely N-dealkylation sites (N-methyl/N-ethyl adjacent to an activating group) is 1. The molecule has 1 aliphatic rings. The molecule has 1 amide bonds. The minimum Gasteiger partial charge on any atom is -0.492 e. The first-order chi connectivity index (χ1) is 13.8. The molecule has 2 aromatic carbocycles. The predicted octanol–water partition coefficient (Wildman–Crippen LogP) is 2.99. The number of carbonyl (C=O) groups is 1. The summed E-state index contributed by atoms with van der Waals surface area (Å²) in [4.78, 5) is 14.7. The average molecular weight is 417 g/mol. The molecule has 0 N–H and O–H groups in total. The summed E-state index contributed by atoms with van der Waals surface area (Å²) in [6.07, 6.45) is 1.21. The number of carbonyl (C=O) groups excluding carboxylic acids is 1. The number of amides is 1. The zero-order valence-electron chi connectivity index (χ0n) is 17.2. The molecule has 7 heteroatoms. The SMILES string of the molecule is Cc1ccc(OCCN(C)C(=O)[C@@H]2CCCN2S(=O)(=O)c2ccc(C)cc2)cc1. The van der Waals surface area contributed by atoms with Crippen LogP contribution in [0.25, 0.3) is 0 Å². The molecule has 0 aromatic heterocycles. The highest BCUT2D eigenvalue weighted by atomic mass is 32.2. The van der Waals surface area contributed by atoms with Gasteiger partial charge in [-0.25, -0.2) is 8.42 Å². The normalized spacial score (nSPS) is 17.3. The third-order valence-corrected chi connectivity index (χ3v) is 7.13. The fourth-order valence-electron chi connectivity index (χ4n) is 3.42. The maximum Gasteiger partial charge on any atom is 0.243 e. The number of benzene rings is 2. The third-order valence-electron chi connectivity index (χ3n) is 5.21. The lowest BCUT2D eigenvalue weighted by Crippen LogP contribution is -2.47. The number of ether oxygens (including phenoxy) is 1. The van der Waals surface area contributed by atoms with Crippen LogP contribution in [0.1, 0.15) is 24.0 Å². The van der Waals surface area contributed by atoms with Crippen molar-refractivity contribution in [1.29, 1.82) is 0 Å². The van der Waals surface area contributed by atoms with Crippen molar-refractivity contribution in [2.24, 2.45) is 0 Å². The summed E-state index contributed by atoms with van der Waals surface area (Å²) < 4.78 is 33.1. The molecule has 0 aliphatic carbocycles. The van der Waals surface area contributed by atoms with Gasteiger partial charge in [-0.05, 0) is 51.0 Å².